The summed E-state index contributed by atoms with van der Waals surface area (Å²) in [5, 5.41) is 20.6. The van der Waals surface area contributed by atoms with E-state index in [-0.39, 0.29) is 6.61 Å². The highest BCUT2D eigenvalue weighted by Crippen LogP contribution is 2.41. The number of hydrogen-bond donors (Lipinski definition) is 2. The highest BCUT2D eigenvalue weighted by Gasteiger charge is 2.27. The van der Waals surface area contributed by atoms with Crippen molar-refractivity contribution in [1.82, 2.24) is 0 Å². The number of aliphatic hydroxyl groups excluding tert-OH is 1. The Labute approximate surface area is 122 Å². The van der Waals surface area contributed by atoms with Crippen molar-refractivity contribution in [2.45, 2.75) is 25.6 Å². The normalized spacial score (nSPS) is 15.6. The molecule has 0 bridgehead atoms. The number of benzene rings is 1. The van der Waals surface area contributed by atoms with Gasteiger partial charge in [0.25, 0.3) is 0 Å². The van der Waals surface area contributed by atoms with Crippen LogP contribution in [-0.4, -0.2) is 35.1 Å². The van der Waals surface area contributed by atoms with E-state index >= 15 is 0 Å². The monoisotopic (exact) mass is 290 g/mol. The van der Waals surface area contributed by atoms with E-state index in [2.05, 4.69) is 0 Å². The fourth-order valence-corrected chi connectivity index (χ4v) is 2.16. The Balaban J connectivity index is 1.97. The van der Waals surface area contributed by atoms with Crippen molar-refractivity contribution in [3.63, 3.8) is 0 Å². The van der Waals surface area contributed by atoms with Crippen LogP contribution in [0.5, 0.6) is 11.5 Å². The van der Waals surface area contributed by atoms with Crippen molar-refractivity contribution in [2.75, 3.05) is 13.2 Å². The first-order valence-electron chi connectivity index (χ1n) is 6.83. The lowest BCUT2D eigenvalue weighted by Crippen LogP contribution is -2.40. The third-order valence-corrected chi connectivity index (χ3v) is 3.50. The Kier molecular flexibility index (Phi) is 3.39. The number of rotatable bonds is 4. The maximum atomic E-state index is 9.91. The van der Waals surface area contributed by atoms with Crippen molar-refractivity contribution in [1.29, 1.82) is 0 Å². The summed E-state index contributed by atoms with van der Waals surface area (Å²) in [7, 11) is 0. The summed E-state index contributed by atoms with van der Waals surface area (Å²) in [6, 6.07) is 3.81. The molecule has 1 atom stereocenters. The number of hydrogen-bond acceptors (Lipinski definition) is 5. The Morgan fingerprint density at radius 1 is 1.43 bits per heavy atom. The molecule has 0 saturated carbocycles. The lowest BCUT2D eigenvalue weighted by molar-refractivity contribution is -0.0663. The number of ether oxygens (including phenoxy) is 2. The summed E-state index contributed by atoms with van der Waals surface area (Å²) in [6.45, 7) is 3.47. The van der Waals surface area contributed by atoms with Crippen LogP contribution in [0.1, 0.15) is 19.4 Å². The zero-order valence-electron chi connectivity index (χ0n) is 12.0. The standard InChI is InChI=1S/C16H18O5/c1-16(2,18)12(17)9-21-15-13-10(4-3-6-19-13)8-11-5-7-20-14(11)15/h3-5,7-8,12,17-18H,6,9H2,1-2H3/t12-/m1/s1. The SMILES string of the molecule is CC(C)(O)[C@H](O)COc1c2c(cc3ccoc13)C=CCO2. The van der Waals surface area contributed by atoms with Crippen LogP contribution in [0.15, 0.2) is 28.9 Å². The number of fused-ring (bicyclic) bond motifs is 2. The molecule has 0 fully saturated rings. The van der Waals surface area contributed by atoms with Gasteiger partial charge in [0.1, 0.15) is 19.3 Å². The van der Waals surface area contributed by atoms with Crippen LogP contribution in [0.4, 0.5) is 0 Å². The summed E-state index contributed by atoms with van der Waals surface area (Å²) >= 11 is 0. The van der Waals surface area contributed by atoms with E-state index in [4.69, 9.17) is 13.9 Å². The summed E-state index contributed by atoms with van der Waals surface area (Å²) in [5.74, 6) is 1.06. The third kappa shape index (κ3) is 2.62. The Hall–Kier alpha value is -1.98. The van der Waals surface area contributed by atoms with Gasteiger partial charge in [0.05, 0.1) is 11.9 Å². The van der Waals surface area contributed by atoms with Crippen molar-refractivity contribution in [3.05, 3.63) is 30.0 Å². The van der Waals surface area contributed by atoms with Gasteiger partial charge in [-0.1, -0.05) is 6.08 Å². The first kappa shape index (κ1) is 14.0. The lowest BCUT2D eigenvalue weighted by atomic mass is 10.0. The lowest BCUT2D eigenvalue weighted by Gasteiger charge is -2.25. The first-order valence-corrected chi connectivity index (χ1v) is 6.83. The molecule has 112 valence electrons. The second-order valence-corrected chi connectivity index (χ2v) is 5.66. The Bertz CT molecular complexity index is 678. The molecular formula is C16H18O5. The van der Waals surface area contributed by atoms with Crippen LogP contribution in [0.2, 0.25) is 0 Å². The largest absolute Gasteiger partial charge is 0.485 e. The quantitative estimate of drug-likeness (QED) is 0.904. The molecule has 5 nitrogen and oxygen atoms in total. The molecule has 0 aliphatic carbocycles. The maximum Gasteiger partial charge on any atom is 0.205 e. The van der Waals surface area contributed by atoms with E-state index in [9.17, 15) is 10.2 Å². The number of furan rings is 1. The molecular weight excluding hydrogens is 272 g/mol. The van der Waals surface area contributed by atoms with Crippen LogP contribution in [-0.2, 0) is 0 Å². The highest BCUT2D eigenvalue weighted by molar-refractivity contribution is 5.90. The van der Waals surface area contributed by atoms with E-state index < -0.39 is 11.7 Å². The molecule has 1 aliphatic heterocycles. The average molecular weight is 290 g/mol. The van der Waals surface area contributed by atoms with Gasteiger partial charge in [-0.15, -0.1) is 0 Å². The summed E-state index contributed by atoms with van der Waals surface area (Å²) in [4.78, 5) is 0. The molecule has 0 spiro atoms. The molecule has 0 amide bonds. The first-order chi connectivity index (χ1) is 9.97. The van der Waals surface area contributed by atoms with Gasteiger partial charge in [0.2, 0.25) is 5.75 Å². The van der Waals surface area contributed by atoms with Crippen molar-refractivity contribution in [2.24, 2.45) is 0 Å². The molecule has 0 radical (unpaired) electrons. The minimum atomic E-state index is -1.24. The van der Waals surface area contributed by atoms with Crippen molar-refractivity contribution in [3.8, 4) is 11.5 Å². The summed E-state index contributed by atoms with van der Waals surface area (Å²) in [6.07, 6.45) is 4.45. The van der Waals surface area contributed by atoms with Gasteiger partial charge in [-0.2, -0.15) is 0 Å². The van der Waals surface area contributed by atoms with Gasteiger partial charge < -0.3 is 24.1 Å². The second kappa shape index (κ2) is 5.09. The van der Waals surface area contributed by atoms with E-state index in [0.717, 1.165) is 10.9 Å². The molecule has 5 heteroatoms. The van der Waals surface area contributed by atoms with Crippen molar-refractivity contribution < 1.29 is 24.1 Å². The average Bonchev–Trinajstić information content (AvgIpc) is 2.89. The topological polar surface area (TPSA) is 72.1 Å². The van der Waals surface area contributed by atoms with Crippen LogP contribution in [0, 0.1) is 0 Å². The molecule has 2 aromatic rings. The molecule has 21 heavy (non-hydrogen) atoms. The zero-order valence-corrected chi connectivity index (χ0v) is 12.0. The van der Waals surface area contributed by atoms with Crippen LogP contribution in [0.3, 0.4) is 0 Å². The molecule has 0 saturated heterocycles. The second-order valence-electron chi connectivity index (χ2n) is 5.66. The molecule has 3 rings (SSSR count). The van der Waals surface area contributed by atoms with Gasteiger partial charge >= 0.3 is 0 Å². The smallest absolute Gasteiger partial charge is 0.205 e. The fraction of sp³-hybridized carbons (Fsp3) is 0.375. The van der Waals surface area contributed by atoms with E-state index in [1.54, 1.807) is 6.26 Å². The van der Waals surface area contributed by atoms with Crippen LogP contribution in [0.25, 0.3) is 17.0 Å². The van der Waals surface area contributed by atoms with Gasteiger partial charge in [-0.25, -0.2) is 0 Å². The highest BCUT2D eigenvalue weighted by atomic mass is 16.5. The van der Waals surface area contributed by atoms with Gasteiger partial charge in [0, 0.05) is 10.9 Å². The molecule has 1 aromatic heterocycles. The summed E-state index contributed by atoms with van der Waals surface area (Å²) in [5.41, 5.74) is 0.243. The zero-order chi connectivity index (χ0) is 15.0. The maximum absolute atomic E-state index is 9.91. The Morgan fingerprint density at radius 3 is 3.00 bits per heavy atom. The number of aliphatic hydroxyl groups is 2. The van der Waals surface area contributed by atoms with Gasteiger partial charge in [-0.3, -0.25) is 0 Å². The molecule has 1 aliphatic rings. The molecule has 2 N–H and O–H groups in total. The van der Waals surface area contributed by atoms with E-state index in [1.807, 2.05) is 24.3 Å². The van der Waals surface area contributed by atoms with Gasteiger partial charge in [0.15, 0.2) is 11.3 Å². The molecule has 2 heterocycles. The fourth-order valence-electron chi connectivity index (χ4n) is 2.16. The van der Waals surface area contributed by atoms with Gasteiger partial charge in [-0.05, 0) is 32.1 Å². The van der Waals surface area contributed by atoms with Crippen LogP contribution < -0.4 is 9.47 Å². The molecule has 0 unspecified atom stereocenters. The van der Waals surface area contributed by atoms with Crippen molar-refractivity contribution >= 4 is 17.0 Å². The minimum absolute atomic E-state index is 0.0528. The van der Waals surface area contributed by atoms with Crippen LogP contribution >= 0.6 is 0 Å². The Morgan fingerprint density at radius 2 is 2.24 bits per heavy atom. The molecule has 1 aromatic carbocycles. The predicted octanol–water partition coefficient (Wildman–Crippen LogP) is 2.35. The van der Waals surface area contributed by atoms with E-state index in [0.29, 0.717) is 23.7 Å². The van der Waals surface area contributed by atoms with E-state index in [1.165, 1.54) is 13.8 Å². The minimum Gasteiger partial charge on any atom is -0.485 e. The third-order valence-electron chi connectivity index (χ3n) is 3.50. The predicted molar refractivity (Wildman–Crippen MR) is 78.5 cm³/mol. The summed E-state index contributed by atoms with van der Waals surface area (Å²) < 4.78 is 16.8.